The van der Waals surface area contributed by atoms with Gasteiger partial charge in [0, 0.05) is 30.1 Å². The molecule has 0 atom stereocenters. The Bertz CT molecular complexity index is 608. The van der Waals surface area contributed by atoms with Gasteiger partial charge in [0.25, 0.3) is 5.69 Å². The highest BCUT2D eigenvalue weighted by Crippen LogP contribution is 2.27. The molecule has 0 saturated carbocycles. The molecule has 1 amide bonds. The van der Waals surface area contributed by atoms with Crippen LogP contribution >= 0.6 is 0 Å². The Labute approximate surface area is 97.2 Å². The lowest BCUT2D eigenvalue weighted by molar-refractivity contribution is -0.384. The van der Waals surface area contributed by atoms with Crippen molar-refractivity contribution in [1.82, 2.24) is 0 Å². The highest BCUT2D eigenvalue weighted by atomic mass is 16.6. The predicted molar refractivity (Wildman–Crippen MR) is 64.9 cm³/mol. The van der Waals surface area contributed by atoms with Crippen LogP contribution in [0.25, 0.3) is 10.8 Å². The van der Waals surface area contributed by atoms with E-state index in [9.17, 15) is 14.9 Å². The monoisotopic (exact) mass is 230 g/mol. The van der Waals surface area contributed by atoms with Crippen molar-refractivity contribution in [1.29, 1.82) is 0 Å². The molecule has 0 saturated heterocycles. The predicted octanol–water partition coefficient (Wildman–Crippen LogP) is 2.71. The number of carbonyl (C=O) groups is 1. The number of nitro benzene ring substituents is 1. The number of hydrogen-bond acceptors (Lipinski definition) is 3. The van der Waals surface area contributed by atoms with E-state index in [4.69, 9.17) is 0 Å². The van der Waals surface area contributed by atoms with E-state index in [1.807, 2.05) is 6.07 Å². The van der Waals surface area contributed by atoms with E-state index in [1.54, 1.807) is 18.2 Å². The number of hydrogen-bond donors (Lipinski definition) is 1. The molecule has 5 nitrogen and oxygen atoms in total. The summed E-state index contributed by atoms with van der Waals surface area (Å²) in [6.07, 6.45) is 0. The van der Waals surface area contributed by atoms with Gasteiger partial charge in [0.05, 0.1) is 4.92 Å². The van der Waals surface area contributed by atoms with Gasteiger partial charge in [-0.1, -0.05) is 12.1 Å². The molecular weight excluding hydrogens is 220 g/mol. The first-order valence-electron chi connectivity index (χ1n) is 5.02. The van der Waals surface area contributed by atoms with Crippen LogP contribution in [0.1, 0.15) is 6.92 Å². The van der Waals surface area contributed by atoms with Crippen molar-refractivity contribution in [3.8, 4) is 0 Å². The van der Waals surface area contributed by atoms with Gasteiger partial charge in [-0.25, -0.2) is 0 Å². The van der Waals surface area contributed by atoms with Crippen LogP contribution in [-0.2, 0) is 4.79 Å². The Morgan fingerprint density at radius 3 is 2.71 bits per heavy atom. The van der Waals surface area contributed by atoms with Crippen molar-refractivity contribution in [2.24, 2.45) is 0 Å². The molecule has 1 N–H and O–H groups in total. The highest BCUT2D eigenvalue weighted by Gasteiger charge is 2.09. The van der Waals surface area contributed by atoms with Crippen LogP contribution in [0, 0.1) is 10.1 Å². The molecule has 0 heterocycles. The van der Waals surface area contributed by atoms with Crippen molar-refractivity contribution >= 4 is 28.1 Å². The molecule has 0 bridgehead atoms. The molecule has 17 heavy (non-hydrogen) atoms. The molecule has 2 aromatic carbocycles. The second kappa shape index (κ2) is 4.21. The van der Waals surface area contributed by atoms with Crippen LogP contribution in [-0.4, -0.2) is 10.8 Å². The fraction of sp³-hybridized carbons (Fsp3) is 0.0833. The average molecular weight is 230 g/mol. The highest BCUT2D eigenvalue weighted by molar-refractivity contribution is 6.02. The third-order valence-corrected chi connectivity index (χ3v) is 2.39. The topological polar surface area (TPSA) is 72.2 Å². The third kappa shape index (κ3) is 2.23. The first-order chi connectivity index (χ1) is 8.08. The van der Waals surface area contributed by atoms with Crippen LogP contribution in [0.5, 0.6) is 0 Å². The first-order valence-corrected chi connectivity index (χ1v) is 5.02. The molecule has 0 aliphatic heterocycles. The number of anilines is 1. The Balaban J connectivity index is 2.63. The van der Waals surface area contributed by atoms with Crippen molar-refractivity contribution < 1.29 is 9.72 Å². The Morgan fingerprint density at radius 2 is 2.06 bits per heavy atom. The second-order valence-corrected chi connectivity index (χ2v) is 3.65. The number of nitro groups is 1. The smallest absolute Gasteiger partial charge is 0.270 e. The number of carbonyl (C=O) groups excluding carboxylic acids is 1. The molecule has 2 aromatic rings. The van der Waals surface area contributed by atoms with Crippen molar-refractivity contribution in [3.05, 3.63) is 46.5 Å². The maximum absolute atomic E-state index is 11.0. The lowest BCUT2D eigenvalue weighted by atomic mass is 10.1. The largest absolute Gasteiger partial charge is 0.326 e. The maximum Gasteiger partial charge on any atom is 0.270 e. The van der Waals surface area contributed by atoms with E-state index in [2.05, 4.69) is 5.32 Å². The molecule has 0 fully saturated rings. The number of fused-ring (bicyclic) bond motifs is 1. The summed E-state index contributed by atoms with van der Waals surface area (Å²) in [7, 11) is 0. The summed E-state index contributed by atoms with van der Waals surface area (Å²) in [6, 6.07) is 9.91. The van der Waals surface area contributed by atoms with Crippen molar-refractivity contribution in [2.75, 3.05) is 5.32 Å². The fourth-order valence-electron chi connectivity index (χ4n) is 1.67. The van der Waals surface area contributed by atoms with E-state index < -0.39 is 4.92 Å². The lowest BCUT2D eigenvalue weighted by Crippen LogP contribution is -2.06. The Kier molecular flexibility index (Phi) is 2.74. The van der Waals surface area contributed by atoms with Crippen LogP contribution in [0.3, 0.4) is 0 Å². The molecule has 0 aliphatic rings. The summed E-state index contributed by atoms with van der Waals surface area (Å²) >= 11 is 0. The molecule has 0 radical (unpaired) electrons. The van der Waals surface area contributed by atoms with Gasteiger partial charge in [-0.2, -0.15) is 0 Å². The van der Waals surface area contributed by atoms with Crippen LogP contribution in [0.15, 0.2) is 36.4 Å². The van der Waals surface area contributed by atoms with E-state index in [1.165, 1.54) is 19.1 Å². The van der Waals surface area contributed by atoms with Crippen LogP contribution in [0.4, 0.5) is 11.4 Å². The minimum atomic E-state index is -0.454. The number of nitrogens with one attached hydrogen (secondary N) is 1. The third-order valence-electron chi connectivity index (χ3n) is 2.39. The van der Waals surface area contributed by atoms with Gasteiger partial charge in [0.2, 0.25) is 5.91 Å². The van der Waals surface area contributed by atoms with Crippen molar-refractivity contribution in [2.45, 2.75) is 6.92 Å². The minimum Gasteiger partial charge on any atom is -0.326 e. The zero-order chi connectivity index (χ0) is 12.4. The van der Waals surface area contributed by atoms with Gasteiger partial charge in [0.15, 0.2) is 0 Å². The number of rotatable bonds is 2. The first kappa shape index (κ1) is 11.1. The second-order valence-electron chi connectivity index (χ2n) is 3.65. The molecule has 86 valence electrons. The quantitative estimate of drug-likeness (QED) is 0.636. The van der Waals surface area contributed by atoms with Gasteiger partial charge in [-0.05, 0) is 17.5 Å². The summed E-state index contributed by atoms with van der Waals surface area (Å²) in [5, 5.41) is 14.9. The molecular formula is C12H10N2O3. The number of non-ortho nitro benzene ring substituents is 1. The fourth-order valence-corrected chi connectivity index (χ4v) is 1.67. The molecule has 0 spiro atoms. The van der Waals surface area contributed by atoms with Crippen LogP contribution in [0.2, 0.25) is 0 Å². The van der Waals surface area contributed by atoms with Gasteiger partial charge in [-0.15, -0.1) is 0 Å². The summed E-state index contributed by atoms with van der Waals surface area (Å²) in [5.74, 6) is -0.205. The van der Waals surface area contributed by atoms with Crippen molar-refractivity contribution in [3.63, 3.8) is 0 Å². The zero-order valence-electron chi connectivity index (χ0n) is 9.14. The maximum atomic E-state index is 11.0. The Morgan fingerprint density at radius 1 is 1.29 bits per heavy atom. The molecule has 2 rings (SSSR count). The van der Waals surface area contributed by atoms with E-state index >= 15 is 0 Å². The van der Waals surface area contributed by atoms with E-state index in [0.29, 0.717) is 11.1 Å². The van der Waals surface area contributed by atoms with E-state index in [-0.39, 0.29) is 11.6 Å². The number of amides is 1. The molecule has 0 aliphatic carbocycles. The lowest BCUT2D eigenvalue weighted by Gasteiger charge is -2.06. The SMILES string of the molecule is CC(=O)Nc1cccc2ccc([N+](=O)[O-])cc12. The normalized spacial score (nSPS) is 10.2. The molecule has 5 heteroatoms. The standard InChI is InChI=1S/C12H10N2O3/c1-8(15)13-12-4-2-3-9-5-6-10(14(16)17)7-11(9)12/h2-7H,1H3,(H,13,15). The Hall–Kier alpha value is -2.43. The minimum absolute atomic E-state index is 0.00954. The molecule has 0 aromatic heterocycles. The zero-order valence-corrected chi connectivity index (χ0v) is 9.14. The summed E-state index contributed by atoms with van der Waals surface area (Å²) in [5.41, 5.74) is 0.592. The molecule has 0 unspecified atom stereocenters. The summed E-state index contributed by atoms with van der Waals surface area (Å²) < 4.78 is 0. The number of benzene rings is 2. The van der Waals surface area contributed by atoms with E-state index in [0.717, 1.165) is 5.39 Å². The number of nitrogens with zero attached hydrogens (tertiary/aromatic N) is 1. The van der Waals surface area contributed by atoms with Gasteiger partial charge in [-0.3, -0.25) is 14.9 Å². The van der Waals surface area contributed by atoms with Gasteiger partial charge >= 0.3 is 0 Å². The average Bonchev–Trinajstić information content (AvgIpc) is 2.28. The summed E-state index contributed by atoms with van der Waals surface area (Å²) in [6.45, 7) is 1.40. The van der Waals surface area contributed by atoms with Gasteiger partial charge in [0.1, 0.15) is 0 Å². The van der Waals surface area contributed by atoms with Crippen LogP contribution < -0.4 is 5.32 Å². The summed E-state index contributed by atoms with van der Waals surface area (Å²) in [4.78, 5) is 21.3. The van der Waals surface area contributed by atoms with Gasteiger partial charge < -0.3 is 5.32 Å².